The molecule has 1 atom stereocenters. The molecule has 3 nitrogen and oxygen atoms in total. The molecule has 242 valence electrons. The van der Waals surface area contributed by atoms with Crippen molar-refractivity contribution >= 4 is 64.7 Å². The van der Waals surface area contributed by atoms with E-state index in [-0.39, 0.29) is 6.17 Å². The van der Waals surface area contributed by atoms with Gasteiger partial charge in [0.15, 0.2) is 0 Å². The molecule has 0 saturated heterocycles. The standard InChI is InChI=1S/C47H33N3S/c1-49-43(32-16-6-3-7-17-32)30-41(40-23-13-22-39-38-21-9-11-25-45(38)51-46(39)40)48-47(49)34-18-12-19-35(28-34)50-42-24-10-8-20-36(42)37-27-26-33(29-44(37)50)31-14-4-2-5-15-31/h2-30,47H,1H3. The molecule has 0 N–H and O–H groups in total. The second kappa shape index (κ2) is 12.0. The van der Waals surface area contributed by atoms with Gasteiger partial charge < -0.3 is 9.47 Å². The smallest absolute Gasteiger partial charge is 0.147 e. The van der Waals surface area contributed by atoms with E-state index in [0.717, 1.165) is 22.7 Å². The summed E-state index contributed by atoms with van der Waals surface area (Å²) < 4.78 is 4.99. The SMILES string of the molecule is CN1C(c2ccccc2)=CC(c2cccc3c2sc2ccccc23)=NC1c1cccc(-n2c3ccccc3c3ccc(-c4ccccc4)cc32)c1. The lowest BCUT2D eigenvalue weighted by Gasteiger charge is -2.34. The van der Waals surface area contributed by atoms with Crippen LogP contribution in [0, 0.1) is 0 Å². The monoisotopic (exact) mass is 671 g/mol. The summed E-state index contributed by atoms with van der Waals surface area (Å²) in [5.74, 6) is 0. The first kappa shape index (κ1) is 29.7. The number of aliphatic imine (C=N–C) groups is 1. The summed E-state index contributed by atoms with van der Waals surface area (Å²) in [6.45, 7) is 0. The molecular formula is C47H33N3S. The number of rotatable bonds is 5. The fourth-order valence-corrected chi connectivity index (χ4v) is 9.02. The highest BCUT2D eigenvalue weighted by Crippen LogP contribution is 2.41. The maximum absolute atomic E-state index is 5.56. The summed E-state index contributed by atoms with van der Waals surface area (Å²) in [6, 6.07) is 61.2. The van der Waals surface area contributed by atoms with Crippen LogP contribution in [0.2, 0.25) is 0 Å². The second-order valence-corrected chi connectivity index (χ2v) is 14.3. The Labute approximate surface area is 300 Å². The largest absolute Gasteiger partial charge is 0.349 e. The molecule has 3 heterocycles. The molecule has 10 rings (SSSR count). The van der Waals surface area contributed by atoms with E-state index in [1.54, 1.807) is 0 Å². The molecule has 4 heteroatoms. The van der Waals surface area contributed by atoms with Gasteiger partial charge in [-0.05, 0) is 58.7 Å². The second-order valence-electron chi connectivity index (χ2n) is 13.2. The van der Waals surface area contributed by atoms with Crippen molar-refractivity contribution in [2.75, 3.05) is 7.05 Å². The highest BCUT2D eigenvalue weighted by Gasteiger charge is 2.27. The van der Waals surface area contributed by atoms with Crippen molar-refractivity contribution in [3.63, 3.8) is 0 Å². The lowest BCUT2D eigenvalue weighted by molar-refractivity contribution is 0.364. The normalized spacial score (nSPS) is 14.8. The minimum absolute atomic E-state index is 0.224. The quantitative estimate of drug-likeness (QED) is 0.178. The van der Waals surface area contributed by atoms with Crippen molar-refractivity contribution < 1.29 is 0 Å². The summed E-state index contributed by atoms with van der Waals surface area (Å²) in [5, 5.41) is 5.07. The predicted octanol–water partition coefficient (Wildman–Crippen LogP) is 12.3. The maximum atomic E-state index is 5.56. The molecule has 0 spiro atoms. The summed E-state index contributed by atoms with van der Waals surface area (Å²) in [5.41, 5.74) is 11.6. The zero-order chi connectivity index (χ0) is 33.9. The van der Waals surface area contributed by atoms with Gasteiger partial charge in [-0.25, -0.2) is 0 Å². The van der Waals surface area contributed by atoms with E-state index in [2.05, 4.69) is 192 Å². The van der Waals surface area contributed by atoms with Crippen molar-refractivity contribution in [1.29, 1.82) is 0 Å². The third-order valence-electron chi connectivity index (χ3n) is 10.2. The Hall–Kier alpha value is -6.23. The van der Waals surface area contributed by atoms with Crippen LogP contribution in [0.5, 0.6) is 0 Å². The summed E-state index contributed by atoms with van der Waals surface area (Å²) in [4.78, 5) is 7.89. The number of hydrogen-bond donors (Lipinski definition) is 0. The minimum atomic E-state index is -0.224. The average molecular weight is 672 g/mol. The number of para-hydroxylation sites is 1. The van der Waals surface area contributed by atoms with Crippen LogP contribution in [0.15, 0.2) is 181 Å². The van der Waals surface area contributed by atoms with E-state index in [1.807, 2.05) is 11.3 Å². The topological polar surface area (TPSA) is 20.5 Å². The first-order chi connectivity index (χ1) is 25.2. The summed E-state index contributed by atoms with van der Waals surface area (Å²) in [7, 11) is 2.17. The number of hydrogen-bond acceptors (Lipinski definition) is 3. The lowest BCUT2D eigenvalue weighted by Crippen LogP contribution is -2.27. The Kier molecular flexibility index (Phi) is 6.97. The van der Waals surface area contributed by atoms with Gasteiger partial charge in [-0.15, -0.1) is 11.3 Å². The molecular weight excluding hydrogens is 639 g/mol. The van der Waals surface area contributed by atoms with Crippen LogP contribution >= 0.6 is 11.3 Å². The molecule has 9 aromatic rings. The third-order valence-corrected chi connectivity index (χ3v) is 11.5. The highest BCUT2D eigenvalue weighted by atomic mass is 32.1. The Morgan fingerprint density at radius 1 is 0.529 bits per heavy atom. The Morgan fingerprint density at radius 2 is 1.22 bits per heavy atom. The Balaban J connectivity index is 1.16. The molecule has 0 aliphatic carbocycles. The number of allylic oxidation sites excluding steroid dienone is 1. The lowest BCUT2D eigenvalue weighted by atomic mass is 9.99. The molecule has 0 amide bonds. The van der Waals surface area contributed by atoms with Crippen LogP contribution in [-0.2, 0) is 0 Å². The molecule has 7 aromatic carbocycles. The van der Waals surface area contributed by atoms with Gasteiger partial charge in [-0.1, -0.05) is 140 Å². The van der Waals surface area contributed by atoms with Crippen molar-refractivity contribution in [3.8, 4) is 16.8 Å². The van der Waals surface area contributed by atoms with Crippen molar-refractivity contribution in [1.82, 2.24) is 9.47 Å². The number of aromatic nitrogens is 1. The molecule has 1 unspecified atom stereocenters. The van der Waals surface area contributed by atoms with Crippen LogP contribution in [0.3, 0.4) is 0 Å². The first-order valence-electron chi connectivity index (χ1n) is 17.4. The van der Waals surface area contributed by atoms with Crippen LogP contribution in [-0.4, -0.2) is 22.2 Å². The number of thiophene rings is 1. The average Bonchev–Trinajstić information content (AvgIpc) is 3.74. The number of fused-ring (bicyclic) bond motifs is 6. The summed E-state index contributed by atoms with van der Waals surface area (Å²) >= 11 is 1.85. The molecule has 51 heavy (non-hydrogen) atoms. The molecule has 0 saturated carbocycles. The van der Waals surface area contributed by atoms with Crippen molar-refractivity contribution in [2.45, 2.75) is 6.17 Å². The molecule has 1 aliphatic heterocycles. The first-order valence-corrected chi connectivity index (χ1v) is 18.2. The van der Waals surface area contributed by atoms with Gasteiger partial charge in [0, 0.05) is 54.9 Å². The van der Waals surface area contributed by atoms with Crippen molar-refractivity contribution in [2.24, 2.45) is 4.99 Å². The highest BCUT2D eigenvalue weighted by molar-refractivity contribution is 7.26. The van der Waals surface area contributed by atoms with Gasteiger partial charge in [0.2, 0.25) is 0 Å². The van der Waals surface area contributed by atoms with Gasteiger partial charge in [-0.2, -0.15) is 0 Å². The van der Waals surface area contributed by atoms with Crippen LogP contribution in [0.1, 0.15) is 22.9 Å². The minimum Gasteiger partial charge on any atom is -0.349 e. The van der Waals surface area contributed by atoms with Gasteiger partial charge in [0.1, 0.15) is 6.17 Å². The number of nitrogens with zero attached hydrogens (tertiary/aromatic N) is 3. The molecule has 1 aliphatic rings. The summed E-state index contributed by atoms with van der Waals surface area (Å²) in [6.07, 6.45) is 2.05. The molecule has 0 radical (unpaired) electrons. The van der Waals surface area contributed by atoms with Crippen LogP contribution in [0.4, 0.5) is 0 Å². The third kappa shape index (κ3) is 4.91. The van der Waals surface area contributed by atoms with Crippen molar-refractivity contribution in [3.05, 3.63) is 193 Å². The van der Waals surface area contributed by atoms with Gasteiger partial charge in [-0.3, -0.25) is 4.99 Å². The zero-order valence-corrected chi connectivity index (χ0v) is 28.9. The zero-order valence-electron chi connectivity index (χ0n) is 28.1. The fourth-order valence-electron chi connectivity index (χ4n) is 7.79. The van der Waals surface area contributed by atoms with Gasteiger partial charge in [0.05, 0.1) is 16.7 Å². The van der Waals surface area contributed by atoms with Crippen LogP contribution in [0.25, 0.3) is 64.5 Å². The van der Waals surface area contributed by atoms with Gasteiger partial charge in [0.25, 0.3) is 0 Å². The Morgan fingerprint density at radius 3 is 2.06 bits per heavy atom. The van der Waals surface area contributed by atoms with E-state index in [4.69, 9.17) is 4.99 Å². The van der Waals surface area contributed by atoms with E-state index < -0.39 is 0 Å². The van der Waals surface area contributed by atoms with E-state index in [0.29, 0.717) is 0 Å². The van der Waals surface area contributed by atoms with Crippen LogP contribution < -0.4 is 0 Å². The van der Waals surface area contributed by atoms with E-state index >= 15 is 0 Å². The molecule has 2 aromatic heterocycles. The molecule has 0 bridgehead atoms. The number of benzene rings is 7. The van der Waals surface area contributed by atoms with E-state index in [1.165, 1.54) is 64.2 Å². The van der Waals surface area contributed by atoms with Gasteiger partial charge >= 0.3 is 0 Å². The fraction of sp³-hybridized carbons (Fsp3) is 0.0426. The Bertz CT molecular complexity index is 2820. The molecule has 0 fully saturated rings. The maximum Gasteiger partial charge on any atom is 0.147 e. The predicted molar refractivity (Wildman–Crippen MR) is 217 cm³/mol. The van der Waals surface area contributed by atoms with E-state index in [9.17, 15) is 0 Å².